The summed E-state index contributed by atoms with van der Waals surface area (Å²) in [5.74, 6) is -0.714. The molecule has 1 unspecified atom stereocenters. The Bertz CT molecular complexity index is 653. The average Bonchev–Trinajstić information content (AvgIpc) is 2.75. The zero-order valence-corrected chi connectivity index (χ0v) is 12.3. The molecule has 4 nitrogen and oxygen atoms in total. The number of benzene rings is 1. The van der Waals surface area contributed by atoms with E-state index in [0.717, 1.165) is 28.6 Å². The van der Waals surface area contributed by atoms with E-state index in [2.05, 4.69) is 18.4 Å². The van der Waals surface area contributed by atoms with E-state index in [1.807, 2.05) is 13.1 Å². The average molecular weight is 275 g/mol. The fourth-order valence-electron chi connectivity index (χ4n) is 2.65. The molecule has 2 N–H and O–H groups in total. The number of aliphatic hydroxyl groups is 1. The second kappa shape index (κ2) is 5.29. The normalized spacial score (nSPS) is 13.1. The van der Waals surface area contributed by atoms with Crippen LogP contribution in [0.15, 0.2) is 18.3 Å². The van der Waals surface area contributed by atoms with Gasteiger partial charge < -0.3 is 14.8 Å². The summed E-state index contributed by atoms with van der Waals surface area (Å²) in [5.41, 5.74) is 3.10. The van der Waals surface area contributed by atoms with Crippen molar-refractivity contribution in [3.63, 3.8) is 0 Å². The molecule has 0 spiro atoms. The summed E-state index contributed by atoms with van der Waals surface area (Å²) >= 11 is 0. The molecule has 1 heterocycles. The Labute approximate surface area is 118 Å². The van der Waals surface area contributed by atoms with Gasteiger partial charge in [0, 0.05) is 23.7 Å². The molecule has 20 heavy (non-hydrogen) atoms. The largest absolute Gasteiger partial charge is 0.478 e. The lowest BCUT2D eigenvalue weighted by Gasteiger charge is -2.12. The molecule has 0 bridgehead atoms. The maximum absolute atomic E-state index is 11.3. The van der Waals surface area contributed by atoms with Gasteiger partial charge in [0.25, 0.3) is 0 Å². The Hall–Kier alpha value is -1.81. The maximum atomic E-state index is 11.3. The molecule has 1 atom stereocenters. The first-order valence-corrected chi connectivity index (χ1v) is 6.94. The minimum Gasteiger partial charge on any atom is -0.478 e. The van der Waals surface area contributed by atoms with E-state index in [1.165, 1.54) is 0 Å². The van der Waals surface area contributed by atoms with Crippen LogP contribution in [0, 0.1) is 0 Å². The van der Waals surface area contributed by atoms with Crippen molar-refractivity contribution in [1.29, 1.82) is 0 Å². The fraction of sp³-hybridized carbons (Fsp3) is 0.438. The molecule has 108 valence electrons. The van der Waals surface area contributed by atoms with Crippen LogP contribution in [0.5, 0.6) is 0 Å². The highest BCUT2D eigenvalue weighted by atomic mass is 16.4. The lowest BCUT2D eigenvalue weighted by atomic mass is 9.95. The van der Waals surface area contributed by atoms with Gasteiger partial charge in [-0.1, -0.05) is 13.8 Å². The number of aliphatic hydroxyl groups excluding tert-OH is 1. The zero-order valence-electron chi connectivity index (χ0n) is 12.3. The van der Waals surface area contributed by atoms with Crippen LogP contribution in [0.2, 0.25) is 0 Å². The van der Waals surface area contributed by atoms with Gasteiger partial charge in [0.1, 0.15) is 0 Å². The molecule has 4 heteroatoms. The minimum absolute atomic E-state index is 0.221. The minimum atomic E-state index is -0.936. The lowest BCUT2D eigenvalue weighted by Crippen LogP contribution is -2.02. The highest BCUT2D eigenvalue weighted by Crippen LogP contribution is 2.33. The Balaban J connectivity index is 2.90. The SMILES string of the molecule is CCn1cc(C(C)O)c2cc(C(=O)O)cc(C(C)C)c21. The van der Waals surface area contributed by atoms with Crippen molar-refractivity contribution >= 4 is 16.9 Å². The topological polar surface area (TPSA) is 62.5 Å². The maximum Gasteiger partial charge on any atom is 0.335 e. The molecule has 0 aliphatic carbocycles. The number of carbonyl (C=O) groups is 1. The van der Waals surface area contributed by atoms with Crippen LogP contribution >= 0.6 is 0 Å². The Morgan fingerprint density at radius 2 is 1.90 bits per heavy atom. The van der Waals surface area contributed by atoms with E-state index in [9.17, 15) is 15.0 Å². The van der Waals surface area contributed by atoms with E-state index < -0.39 is 12.1 Å². The molecule has 0 amide bonds. The van der Waals surface area contributed by atoms with Gasteiger partial charge in [-0.25, -0.2) is 4.79 Å². The van der Waals surface area contributed by atoms with Crippen molar-refractivity contribution in [3.05, 3.63) is 35.0 Å². The summed E-state index contributed by atoms with van der Waals surface area (Å²) in [6, 6.07) is 3.41. The van der Waals surface area contributed by atoms with Crippen LogP contribution in [-0.2, 0) is 6.54 Å². The number of carboxylic acids is 1. The molecular formula is C16H21NO3. The second-order valence-electron chi connectivity index (χ2n) is 5.47. The first-order valence-electron chi connectivity index (χ1n) is 6.94. The first-order chi connectivity index (χ1) is 9.36. The monoisotopic (exact) mass is 275 g/mol. The van der Waals surface area contributed by atoms with Gasteiger partial charge in [-0.15, -0.1) is 0 Å². The summed E-state index contributed by atoms with van der Waals surface area (Å²) in [4.78, 5) is 11.3. The van der Waals surface area contributed by atoms with Crippen LogP contribution < -0.4 is 0 Å². The van der Waals surface area contributed by atoms with Crippen LogP contribution in [0.25, 0.3) is 10.9 Å². The van der Waals surface area contributed by atoms with Gasteiger partial charge >= 0.3 is 5.97 Å². The van der Waals surface area contributed by atoms with Gasteiger partial charge in [-0.3, -0.25) is 0 Å². The van der Waals surface area contributed by atoms with Crippen LogP contribution in [0.3, 0.4) is 0 Å². The molecule has 2 rings (SSSR count). The van der Waals surface area contributed by atoms with E-state index in [0.29, 0.717) is 0 Å². The predicted octanol–water partition coefficient (Wildman–Crippen LogP) is 3.54. The summed E-state index contributed by atoms with van der Waals surface area (Å²) < 4.78 is 2.08. The zero-order chi connectivity index (χ0) is 15.0. The van der Waals surface area contributed by atoms with Gasteiger partial charge in [0.05, 0.1) is 17.2 Å². The Morgan fingerprint density at radius 1 is 1.25 bits per heavy atom. The summed E-state index contributed by atoms with van der Waals surface area (Å²) in [5, 5.41) is 20.0. The molecule has 0 saturated heterocycles. The molecule has 0 radical (unpaired) electrons. The first kappa shape index (κ1) is 14.6. The number of aryl methyl sites for hydroxylation is 1. The highest BCUT2D eigenvalue weighted by molar-refractivity contribution is 5.97. The molecule has 0 aliphatic rings. The fourth-order valence-corrected chi connectivity index (χ4v) is 2.65. The third-order valence-corrected chi connectivity index (χ3v) is 3.69. The Kier molecular flexibility index (Phi) is 3.86. The van der Waals surface area contributed by atoms with Crippen molar-refractivity contribution in [1.82, 2.24) is 4.57 Å². The van der Waals surface area contributed by atoms with Crippen molar-refractivity contribution in [2.24, 2.45) is 0 Å². The standard InChI is InChI=1S/C16H21NO3/c1-5-17-8-14(10(4)18)13-7-11(16(19)20)6-12(9(2)3)15(13)17/h6-10,18H,5H2,1-4H3,(H,19,20). The van der Waals surface area contributed by atoms with Crippen LogP contribution in [0.1, 0.15) is 61.2 Å². The number of carboxylic acid groups (broad SMARTS) is 1. The summed E-state index contributed by atoms with van der Waals surface area (Å²) in [6.07, 6.45) is 1.31. The molecule has 1 aromatic heterocycles. The second-order valence-corrected chi connectivity index (χ2v) is 5.47. The van der Waals surface area contributed by atoms with E-state index in [1.54, 1.807) is 19.1 Å². The van der Waals surface area contributed by atoms with Crippen molar-refractivity contribution in [2.75, 3.05) is 0 Å². The highest BCUT2D eigenvalue weighted by Gasteiger charge is 2.19. The smallest absolute Gasteiger partial charge is 0.335 e. The lowest BCUT2D eigenvalue weighted by molar-refractivity contribution is 0.0697. The van der Waals surface area contributed by atoms with Crippen molar-refractivity contribution < 1.29 is 15.0 Å². The van der Waals surface area contributed by atoms with Gasteiger partial charge in [-0.05, 0) is 37.5 Å². The van der Waals surface area contributed by atoms with Gasteiger partial charge in [0.15, 0.2) is 0 Å². The third kappa shape index (κ3) is 2.31. The number of hydrogen-bond acceptors (Lipinski definition) is 2. The Morgan fingerprint density at radius 3 is 2.35 bits per heavy atom. The molecule has 2 aromatic rings. The van der Waals surface area contributed by atoms with Crippen molar-refractivity contribution in [3.8, 4) is 0 Å². The number of aromatic nitrogens is 1. The van der Waals surface area contributed by atoms with Crippen LogP contribution in [-0.4, -0.2) is 20.7 Å². The van der Waals surface area contributed by atoms with Gasteiger partial charge in [-0.2, -0.15) is 0 Å². The number of nitrogens with zero attached hydrogens (tertiary/aromatic N) is 1. The number of fused-ring (bicyclic) bond motifs is 1. The molecular weight excluding hydrogens is 254 g/mol. The predicted molar refractivity (Wildman–Crippen MR) is 79.3 cm³/mol. The van der Waals surface area contributed by atoms with Gasteiger partial charge in [0.2, 0.25) is 0 Å². The number of hydrogen-bond donors (Lipinski definition) is 2. The van der Waals surface area contributed by atoms with E-state index in [4.69, 9.17) is 0 Å². The van der Waals surface area contributed by atoms with E-state index >= 15 is 0 Å². The quantitative estimate of drug-likeness (QED) is 0.897. The number of aromatic carboxylic acids is 1. The molecule has 0 aliphatic heterocycles. The van der Waals surface area contributed by atoms with Crippen molar-refractivity contribution in [2.45, 2.75) is 46.3 Å². The van der Waals surface area contributed by atoms with E-state index in [-0.39, 0.29) is 11.5 Å². The number of rotatable bonds is 4. The third-order valence-electron chi connectivity index (χ3n) is 3.69. The summed E-state index contributed by atoms with van der Waals surface area (Å²) in [6.45, 7) is 8.64. The van der Waals surface area contributed by atoms with Crippen LogP contribution in [0.4, 0.5) is 0 Å². The molecule has 0 saturated carbocycles. The molecule has 1 aromatic carbocycles. The molecule has 0 fully saturated rings. The summed E-state index contributed by atoms with van der Waals surface area (Å²) in [7, 11) is 0.